The van der Waals surface area contributed by atoms with Crippen molar-refractivity contribution < 1.29 is 13.2 Å². The van der Waals surface area contributed by atoms with Gasteiger partial charge in [0.15, 0.2) is 0 Å². The van der Waals surface area contributed by atoms with Crippen molar-refractivity contribution in [1.29, 1.82) is 0 Å². The van der Waals surface area contributed by atoms with Crippen LogP contribution in [0.1, 0.15) is 10.4 Å². The van der Waals surface area contributed by atoms with Crippen LogP contribution >= 0.6 is 0 Å². The summed E-state index contributed by atoms with van der Waals surface area (Å²) in [6.07, 6.45) is 0. The lowest BCUT2D eigenvalue weighted by Crippen LogP contribution is -2.15. The maximum atomic E-state index is 12.4. The first kappa shape index (κ1) is 17.5. The number of hydrogen-bond donors (Lipinski definition) is 3. The number of hydrogen-bond acceptors (Lipinski definition) is 4. The molecular formula is C19H17N3O3S. The summed E-state index contributed by atoms with van der Waals surface area (Å²) in [5.41, 5.74) is 7.41. The fraction of sp³-hybridized carbons (Fsp3) is 0. The smallest absolute Gasteiger partial charge is 0.261 e. The average molecular weight is 367 g/mol. The first-order chi connectivity index (χ1) is 12.4. The third kappa shape index (κ3) is 4.20. The number of carbonyl (C=O) groups excluding carboxylic acids is 1. The molecule has 3 aromatic rings. The van der Waals surface area contributed by atoms with Gasteiger partial charge in [-0.1, -0.05) is 30.3 Å². The van der Waals surface area contributed by atoms with Crippen LogP contribution in [0.25, 0.3) is 0 Å². The first-order valence-corrected chi connectivity index (χ1v) is 9.27. The van der Waals surface area contributed by atoms with E-state index in [1.165, 1.54) is 18.2 Å². The minimum atomic E-state index is -3.72. The van der Waals surface area contributed by atoms with Crippen LogP contribution < -0.4 is 15.8 Å². The van der Waals surface area contributed by atoms with Crippen molar-refractivity contribution in [2.45, 2.75) is 4.90 Å². The van der Waals surface area contributed by atoms with E-state index < -0.39 is 10.0 Å². The predicted octanol–water partition coefficient (Wildman–Crippen LogP) is 3.32. The Morgan fingerprint density at radius 3 is 2.23 bits per heavy atom. The number of nitrogens with two attached hydrogens (primary N) is 1. The van der Waals surface area contributed by atoms with E-state index in [4.69, 9.17) is 5.73 Å². The van der Waals surface area contributed by atoms with Gasteiger partial charge in [-0.25, -0.2) is 8.42 Å². The van der Waals surface area contributed by atoms with Gasteiger partial charge in [-0.05, 0) is 48.5 Å². The molecule has 0 aromatic heterocycles. The third-order valence-corrected chi connectivity index (χ3v) is 4.97. The number of nitrogens with one attached hydrogen (secondary N) is 2. The lowest BCUT2D eigenvalue weighted by molar-refractivity contribution is 0.102. The van der Waals surface area contributed by atoms with Crippen molar-refractivity contribution in [2.24, 2.45) is 0 Å². The van der Waals surface area contributed by atoms with Crippen molar-refractivity contribution in [1.82, 2.24) is 0 Å². The van der Waals surface area contributed by atoms with E-state index in [0.717, 1.165) is 0 Å². The van der Waals surface area contributed by atoms with Gasteiger partial charge in [-0.2, -0.15) is 0 Å². The first-order valence-electron chi connectivity index (χ1n) is 7.79. The largest absolute Gasteiger partial charge is 0.399 e. The minimum Gasteiger partial charge on any atom is -0.399 e. The van der Waals surface area contributed by atoms with Crippen LogP contribution in [-0.4, -0.2) is 14.3 Å². The summed E-state index contributed by atoms with van der Waals surface area (Å²) in [7, 11) is -3.72. The molecule has 0 spiro atoms. The summed E-state index contributed by atoms with van der Waals surface area (Å²) in [6.45, 7) is 0. The third-order valence-electron chi connectivity index (χ3n) is 3.57. The van der Waals surface area contributed by atoms with Crippen LogP contribution in [0.3, 0.4) is 0 Å². The molecule has 26 heavy (non-hydrogen) atoms. The Bertz CT molecular complexity index is 1030. The molecule has 0 aliphatic carbocycles. The SMILES string of the molecule is Nc1cccc(NC(=O)c2cccc(NS(=O)(=O)c3ccccc3)c2)c1. The maximum absolute atomic E-state index is 12.4. The molecule has 4 N–H and O–H groups in total. The zero-order chi connectivity index (χ0) is 18.6. The zero-order valence-electron chi connectivity index (χ0n) is 13.7. The molecule has 0 unspecified atom stereocenters. The minimum absolute atomic E-state index is 0.148. The standard InChI is InChI=1S/C19H17N3O3S/c20-15-7-5-8-16(13-15)21-19(23)14-6-4-9-17(12-14)22-26(24,25)18-10-2-1-3-11-18/h1-13,22H,20H2,(H,21,23). The molecule has 132 valence electrons. The summed E-state index contributed by atoms with van der Waals surface area (Å²) in [5.74, 6) is -0.364. The molecule has 7 heteroatoms. The normalized spacial score (nSPS) is 10.9. The van der Waals surface area contributed by atoms with Gasteiger partial charge in [0.2, 0.25) is 0 Å². The van der Waals surface area contributed by atoms with E-state index in [-0.39, 0.29) is 10.8 Å². The number of anilines is 3. The van der Waals surface area contributed by atoms with Crippen LogP contribution in [0.15, 0.2) is 83.8 Å². The van der Waals surface area contributed by atoms with Gasteiger partial charge >= 0.3 is 0 Å². The van der Waals surface area contributed by atoms with Gasteiger partial charge in [-0.15, -0.1) is 0 Å². The van der Waals surface area contributed by atoms with E-state index in [2.05, 4.69) is 10.0 Å². The fourth-order valence-electron chi connectivity index (χ4n) is 2.36. The van der Waals surface area contributed by atoms with Crippen molar-refractivity contribution in [3.05, 3.63) is 84.4 Å². The Hall–Kier alpha value is -3.32. The lowest BCUT2D eigenvalue weighted by atomic mass is 10.2. The number of nitrogen functional groups attached to an aromatic ring is 1. The lowest BCUT2D eigenvalue weighted by Gasteiger charge is -2.10. The monoisotopic (exact) mass is 367 g/mol. The van der Waals surface area contributed by atoms with Crippen molar-refractivity contribution >= 4 is 33.0 Å². The van der Waals surface area contributed by atoms with E-state index in [1.54, 1.807) is 60.7 Å². The Morgan fingerprint density at radius 2 is 1.50 bits per heavy atom. The summed E-state index contributed by atoms with van der Waals surface area (Å²) < 4.78 is 27.2. The molecule has 3 aromatic carbocycles. The molecular weight excluding hydrogens is 350 g/mol. The molecule has 0 radical (unpaired) electrons. The molecule has 0 aliphatic rings. The second-order valence-electron chi connectivity index (χ2n) is 5.58. The number of rotatable bonds is 5. The number of amides is 1. The molecule has 0 fully saturated rings. The van der Waals surface area contributed by atoms with Crippen LogP contribution in [0.2, 0.25) is 0 Å². The van der Waals surface area contributed by atoms with E-state index >= 15 is 0 Å². The topological polar surface area (TPSA) is 101 Å². The molecule has 1 amide bonds. The highest BCUT2D eigenvalue weighted by atomic mass is 32.2. The number of carbonyl (C=O) groups is 1. The van der Waals surface area contributed by atoms with Crippen LogP contribution in [0.5, 0.6) is 0 Å². The Kier molecular flexibility index (Phi) is 4.90. The highest BCUT2D eigenvalue weighted by molar-refractivity contribution is 7.92. The Labute approximate surface area is 151 Å². The van der Waals surface area contributed by atoms with Crippen molar-refractivity contribution in [2.75, 3.05) is 15.8 Å². The molecule has 3 rings (SSSR count). The van der Waals surface area contributed by atoms with Gasteiger partial charge in [0.25, 0.3) is 15.9 Å². The van der Waals surface area contributed by atoms with Gasteiger partial charge in [-0.3, -0.25) is 9.52 Å². The highest BCUT2D eigenvalue weighted by Crippen LogP contribution is 2.18. The molecule has 0 aliphatic heterocycles. The number of benzene rings is 3. The second-order valence-corrected chi connectivity index (χ2v) is 7.26. The second kappa shape index (κ2) is 7.28. The molecule has 0 heterocycles. The molecule has 6 nitrogen and oxygen atoms in total. The summed E-state index contributed by atoms with van der Waals surface area (Å²) in [5, 5.41) is 2.72. The maximum Gasteiger partial charge on any atom is 0.261 e. The van der Waals surface area contributed by atoms with Gasteiger partial charge in [0.1, 0.15) is 0 Å². The van der Waals surface area contributed by atoms with Gasteiger partial charge in [0.05, 0.1) is 4.90 Å². The molecule has 0 atom stereocenters. The molecule has 0 bridgehead atoms. The summed E-state index contributed by atoms with van der Waals surface area (Å²) >= 11 is 0. The Balaban J connectivity index is 1.79. The van der Waals surface area contributed by atoms with Crippen LogP contribution in [-0.2, 0) is 10.0 Å². The highest BCUT2D eigenvalue weighted by Gasteiger charge is 2.14. The van der Waals surface area contributed by atoms with E-state index in [1.807, 2.05) is 0 Å². The van der Waals surface area contributed by atoms with E-state index in [9.17, 15) is 13.2 Å². The summed E-state index contributed by atoms with van der Waals surface area (Å²) in [6, 6.07) is 21.1. The average Bonchev–Trinajstić information content (AvgIpc) is 2.62. The van der Waals surface area contributed by atoms with E-state index in [0.29, 0.717) is 22.6 Å². The Morgan fingerprint density at radius 1 is 0.808 bits per heavy atom. The fourth-order valence-corrected chi connectivity index (χ4v) is 3.43. The van der Waals surface area contributed by atoms with Gasteiger partial charge in [0, 0.05) is 22.6 Å². The molecule has 0 saturated heterocycles. The van der Waals surface area contributed by atoms with Crippen molar-refractivity contribution in [3.63, 3.8) is 0 Å². The molecule has 0 saturated carbocycles. The van der Waals surface area contributed by atoms with Crippen LogP contribution in [0.4, 0.5) is 17.1 Å². The predicted molar refractivity (Wildman–Crippen MR) is 103 cm³/mol. The number of sulfonamides is 1. The van der Waals surface area contributed by atoms with Crippen LogP contribution in [0, 0.1) is 0 Å². The zero-order valence-corrected chi connectivity index (χ0v) is 14.5. The summed E-state index contributed by atoms with van der Waals surface area (Å²) in [4.78, 5) is 12.5. The van der Waals surface area contributed by atoms with Crippen molar-refractivity contribution in [3.8, 4) is 0 Å². The van der Waals surface area contributed by atoms with Gasteiger partial charge < -0.3 is 11.1 Å². The quantitative estimate of drug-likeness (QED) is 0.602.